The summed E-state index contributed by atoms with van der Waals surface area (Å²) in [4.78, 5) is 14.8. The number of amides is 1. The number of fused-ring (bicyclic) bond motifs is 1. The highest BCUT2D eigenvalue weighted by Gasteiger charge is 2.42. The van der Waals surface area contributed by atoms with Gasteiger partial charge in [-0.3, -0.25) is 9.89 Å². The van der Waals surface area contributed by atoms with Crippen LogP contribution in [0.2, 0.25) is 0 Å². The van der Waals surface area contributed by atoms with Gasteiger partial charge in [-0.1, -0.05) is 25.1 Å². The third-order valence-corrected chi connectivity index (χ3v) is 5.01. The predicted octanol–water partition coefficient (Wildman–Crippen LogP) is 3.45. The van der Waals surface area contributed by atoms with Crippen molar-refractivity contribution in [2.45, 2.75) is 19.4 Å². The molecule has 3 aromatic rings. The first kappa shape index (κ1) is 17.9. The summed E-state index contributed by atoms with van der Waals surface area (Å²) in [6, 6.07) is 11.6. The van der Waals surface area contributed by atoms with Crippen LogP contribution in [0.5, 0.6) is 17.2 Å². The third-order valence-electron chi connectivity index (χ3n) is 5.01. The maximum Gasteiger partial charge on any atom is 0.273 e. The molecule has 0 radical (unpaired) electrons. The summed E-state index contributed by atoms with van der Waals surface area (Å²) in [7, 11) is 1.49. The molecule has 0 fully saturated rings. The Morgan fingerprint density at radius 3 is 2.68 bits per heavy atom. The van der Waals surface area contributed by atoms with E-state index in [0.29, 0.717) is 34.8 Å². The van der Waals surface area contributed by atoms with Gasteiger partial charge in [0.15, 0.2) is 11.5 Å². The van der Waals surface area contributed by atoms with Gasteiger partial charge >= 0.3 is 0 Å². The third kappa shape index (κ3) is 2.67. The molecule has 1 aromatic heterocycles. The maximum atomic E-state index is 13.0. The van der Waals surface area contributed by atoms with E-state index < -0.39 is 6.04 Å². The Morgan fingerprint density at radius 2 is 1.96 bits per heavy atom. The second-order valence-corrected chi connectivity index (χ2v) is 6.71. The van der Waals surface area contributed by atoms with E-state index in [1.54, 1.807) is 41.3 Å². The lowest BCUT2D eigenvalue weighted by atomic mass is 9.95. The van der Waals surface area contributed by atoms with Crippen LogP contribution in [0.15, 0.2) is 42.5 Å². The lowest BCUT2D eigenvalue weighted by Gasteiger charge is -2.26. The van der Waals surface area contributed by atoms with Gasteiger partial charge in [0.2, 0.25) is 0 Å². The first-order valence-electron chi connectivity index (χ1n) is 9.11. The number of ether oxygens (including phenoxy) is 1. The number of aromatic hydroxyl groups is 2. The van der Waals surface area contributed by atoms with Gasteiger partial charge in [-0.05, 0) is 36.2 Å². The van der Waals surface area contributed by atoms with Crippen molar-refractivity contribution < 1.29 is 19.7 Å². The summed E-state index contributed by atoms with van der Waals surface area (Å²) in [5.41, 5.74) is 3.03. The maximum absolute atomic E-state index is 13.0. The number of hydrogen-bond donors (Lipinski definition) is 3. The Balaban J connectivity index is 1.92. The molecule has 1 atom stereocenters. The molecule has 0 bridgehead atoms. The molecule has 0 saturated carbocycles. The summed E-state index contributed by atoms with van der Waals surface area (Å²) in [5.74, 6) is 0.330. The summed E-state index contributed by atoms with van der Waals surface area (Å²) in [5, 5.41) is 27.5. The molecule has 2 aromatic carbocycles. The van der Waals surface area contributed by atoms with Crippen LogP contribution in [0.4, 0.5) is 0 Å². The largest absolute Gasteiger partial charge is 0.507 e. The van der Waals surface area contributed by atoms with E-state index in [1.165, 1.54) is 7.11 Å². The number of nitrogens with zero attached hydrogens (tertiary/aromatic N) is 2. The number of rotatable bonds is 5. The topological polar surface area (TPSA) is 98.7 Å². The Bertz CT molecular complexity index is 1040. The fraction of sp³-hybridized carbons (Fsp3) is 0.238. The number of aromatic nitrogens is 2. The number of para-hydroxylation sites is 1. The molecular weight excluding hydrogens is 358 g/mol. The van der Waals surface area contributed by atoms with Gasteiger partial charge in [-0.15, -0.1) is 0 Å². The molecular formula is C21H21N3O4. The molecule has 7 heteroatoms. The van der Waals surface area contributed by atoms with Crippen LogP contribution in [-0.2, 0) is 0 Å². The molecule has 7 nitrogen and oxygen atoms in total. The summed E-state index contributed by atoms with van der Waals surface area (Å²) in [6.45, 7) is 2.58. The lowest BCUT2D eigenvalue weighted by Crippen LogP contribution is -2.30. The van der Waals surface area contributed by atoms with Gasteiger partial charge in [0.05, 0.1) is 13.2 Å². The zero-order chi connectivity index (χ0) is 19.8. The molecule has 28 heavy (non-hydrogen) atoms. The van der Waals surface area contributed by atoms with Gasteiger partial charge in [-0.2, -0.15) is 5.10 Å². The number of methoxy groups -OCH3 is 1. The smallest absolute Gasteiger partial charge is 0.273 e. The van der Waals surface area contributed by atoms with Crippen molar-refractivity contribution in [2.24, 2.45) is 0 Å². The fourth-order valence-corrected chi connectivity index (χ4v) is 3.76. The molecule has 4 rings (SSSR count). The molecule has 0 aliphatic carbocycles. The van der Waals surface area contributed by atoms with Crippen molar-refractivity contribution in [1.82, 2.24) is 15.1 Å². The zero-order valence-corrected chi connectivity index (χ0v) is 15.6. The van der Waals surface area contributed by atoms with E-state index in [2.05, 4.69) is 10.2 Å². The highest BCUT2D eigenvalue weighted by molar-refractivity contribution is 6.00. The van der Waals surface area contributed by atoms with Crippen LogP contribution < -0.4 is 4.74 Å². The van der Waals surface area contributed by atoms with E-state index in [1.807, 2.05) is 13.0 Å². The van der Waals surface area contributed by atoms with Crippen molar-refractivity contribution >= 4 is 5.91 Å². The number of phenols is 2. The molecule has 144 valence electrons. The fourth-order valence-electron chi connectivity index (χ4n) is 3.76. The normalized spacial score (nSPS) is 15.7. The second kappa shape index (κ2) is 6.92. The van der Waals surface area contributed by atoms with E-state index >= 15 is 0 Å². The number of nitrogens with one attached hydrogen (secondary N) is 1. The summed E-state index contributed by atoms with van der Waals surface area (Å²) in [6.07, 6.45) is 0.793. The van der Waals surface area contributed by atoms with E-state index in [4.69, 9.17) is 4.74 Å². The minimum Gasteiger partial charge on any atom is -0.507 e. The van der Waals surface area contributed by atoms with Crippen LogP contribution >= 0.6 is 0 Å². The number of hydrogen-bond acceptors (Lipinski definition) is 5. The minimum absolute atomic E-state index is 0.0333. The predicted molar refractivity (Wildman–Crippen MR) is 104 cm³/mol. The number of carbonyl (C=O) groups is 1. The second-order valence-electron chi connectivity index (χ2n) is 6.71. The van der Waals surface area contributed by atoms with Crippen molar-refractivity contribution in [3.8, 4) is 28.5 Å². The van der Waals surface area contributed by atoms with Gasteiger partial charge in [0.25, 0.3) is 5.91 Å². The standard InChI is InChI=1S/C21H21N3O4/c1-3-10-24-20(12-8-9-15(26)16(11-12)28-2)17-18(22-23-19(17)21(24)27)13-6-4-5-7-14(13)25/h4-9,11,20,25-26H,3,10H2,1-2H3,(H,22,23)/t20-/m1/s1. The van der Waals surface area contributed by atoms with Crippen LogP contribution in [0.25, 0.3) is 11.3 Å². The van der Waals surface area contributed by atoms with Crippen molar-refractivity contribution in [3.63, 3.8) is 0 Å². The Hall–Kier alpha value is -3.48. The van der Waals surface area contributed by atoms with Crippen LogP contribution in [-0.4, -0.2) is 44.9 Å². The van der Waals surface area contributed by atoms with Gasteiger partial charge < -0.3 is 19.8 Å². The van der Waals surface area contributed by atoms with Crippen LogP contribution in [0.3, 0.4) is 0 Å². The Kier molecular flexibility index (Phi) is 4.43. The molecule has 0 spiro atoms. The van der Waals surface area contributed by atoms with Crippen LogP contribution in [0, 0.1) is 0 Å². The molecule has 1 amide bonds. The van der Waals surface area contributed by atoms with Gasteiger partial charge in [0.1, 0.15) is 17.1 Å². The highest BCUT2D eigenvalue weighted by Crippen LogP contribution is 2.45. The van der Waals surface area contributed by atoms with Gasteiger partial charge in [0, 0.05) is 17.7 Å². The van der Waals surface area contributed by atoms with Crippen molar-refractivity contribution in [3.05, 3.63) is 59.3 Å². The van der Waals surface area contributed by atoms with E-state index in [-0.39, 0.29) is 17.4 Å². The summed E-state index contributed by atoms with van der Waals surface area (Å²) >= 11 is 0. The first-order valence-corrected chi connectivity index (χ1v) is 9.11. The van der Waals surface area contributed by atoms with E-state index in [9.17, 15) is 15.0 Å². The van der Waals surface area contributed by atoms with Crippen molar-refractivity contribution in [2.75, 3.05) is 13.7 Å². The van der Waals surface area contributed by atoms with Gasteiger partial charge in [-0.25, -0.2) is 0 Å². The molecule has 1 aliphatic heterocycles. The molecule has 1 aliphatic rings. The lowest BCUT2D eigenvalue weighted by molar-refractivity contribution is 0.0744. The van der Waals surface area contributed by atoms with Crippen LogP contribution in [0.1, 0.15) is 41.0 Å². The SMILES string of the molecule is CCCN1C(=O)c2[nH]nc(-c3ccccc3O)c2[C@H]1c1ccc(O)c(OC)c1. The van der Waals surface area contributed by atoms with Crippen molar-refractivity contribution in [1.29, 1.82) is 0 Å². The zero-order valence-electron chi connectivity index (χ0n) is 15.6. The molecule has 0 saturated heterocycles. The number of aromatic amines is 1. The summed E-state index contributed by atoms with van der Waals surface area (Å²) < 4.78 is 5.25. The number of phenolic OH excluding ortho intramolecular Hbond substituents is 2. The molecule has 2 heterocycles. The molecule has 3 N–H and O–H groups in total. The number of carbonyl (C=O) groups excluding carboxylic acids is 1. The monoisotopic (exact) mass is 379 g/mol. The minimum atomic E-state index is -0.398. The van der Waals surface area contributed by atoms with E-state index in [0.717, 1.165) is 12.0 Å². The quantitative estimate of drug-likeness (QED) is 0.631. The molecule has 0 unspecified atom stereocenters. The Morgan fingerprint density at radius 1 is 1.18 bits per heavy atom. The number of benzene rings is 2. The average Bonchev–Trinajstić information content (AvgIpc) is 3.23. The highest BCUT2D eigenvalue weighted by atomic mass is 16.5. The average molecular weight is 379 g/mol. The Labute approximate surface area is 162 Å². The number of H-pyrrole nitrogens is 1. The first-order chi connectivity index (χ1) is 13.6.